The molecule has 4 N–H and O–H groups in total. The van der Waals surface area contributed by atoms with Gasteiger partial charge in [-0.1, -0.05) is 19.1 Å². The van der Waals surface area contributed by atoms with Crippen molar-refractivity contribution in [3.05, 3.63) is 35.2 Å². The minimum atomic E-state index is -0.552. The molecule has 182 valence electrons. The van der Waals surface area contributed by atoms with Crippen LogP contribution < -0.4 is 15.9 Å². The fourth-order valence-corrected chi connectivity index (χ4v) is 3.34. The molecule has 0 fully saturated rings. The number of anilines is 1. The van der Waals surface area contributed by atoms with E-state index in [-0.39, 0.29) is 23.1 Å². The number of hydrazone groups is 1. The Morgan fingerprint density at radius 2 is 2.06 bits per heavy atom. The summed E-state index contributed by atoms with van der Waals surface area (Å²) < 4.78 is 11.4. The van der Waals surface area contributed by atoms with E-state index in [1.54, 1.807) is 12.1 Å². The van der Waals surface area contributed by atoms with Crippen molar-refractivity contribution in [2.24, 2.45) is 5.10 Å². The molecule has 13 nitrogen and oxygen atoms in total. The van der Waals surface area contributed by atoms with Crippen LogP contribution in [0.15, 0.2) is 27.9 Å². The lowest BCUT2D eigenvalue weighted by Gasteiger charge is -2.21. The molecule has 0 bridgehead atoms. The first-order valence-electron chi connectivity index (χ1n) is 11.0. The van der Waals surface area contributed by atoms with Crippen LogP contribution in [0.4, 0.5) is 5.82 Å². The maximum Gasteiger partial charge on any atom is 0.293 e. The predicted octanol–water partition coefficient (Wildman–Crippen LogP) is 1.72. The van der Waals surface area contributed by atoms with Gasteiger partial charge in [0.05, 0.1) is 18.5 Å². The molecule has 2 heterocycles. The van der Waals surface area contributed by atoms with Crippen LogP contribution in [-0.4, -0.2) is 67.1 Å². The van der Waals surface area contributed by atoms with Crippen LogP contribution >= 0.6 is 0 Å². The number of ether oxygens (including phenoxy) is 1. The van der Waals surface area contributed by atoms with Gasteiger partial charge in [0.25, 0.3) is 5.91 Å². The van der Waals surface area contributed by atoms with Gasteiger partial charge in [-0.3, -0.25) is 9.69 Å². The zero-order valence-corrected chi connectivity index (χ0v) is 19.4. The Bertz CT molecular complexity index is 1120. The molecular weight excluding hydrogens is 442 g/mol. The second-order valence-electron chi connectivity index (χ2n) is 7.41. The molecule has 0 spiro atoms. The molecule has 3 aromatic rings. The van der Waals surface area contributed by atoms with E-state index in [1.807, 2.05) is 6.92 Å². The molecule has 0 saturated carbocycles. The minimum Gasteiger partial charge on any atom is -0.504 e. The monoisotopic (exact) mass is 471 g/mol. The topological polar surface area (TPSA) is 170 Å². The van der Waals surface area contributed by atoms with Gasteiger partial charge < -0.3 is 15.6 Å². The van der Waals surface area contributed by atoms with Gasteiger partial charge in [-0.15, -0.1) is 5.10 Å². The molecule has 0 saturated heterocycles. The molecule has 0 aliphatic rings. The second-order valence-corrected chi connectivity index (χ2v) is 7.41. The van der Waals surface area contributed by atoms with E-state index in [0.717, 1.165) is 25.9 Å². The molecule has 13 heteroatoms. The van der Waals surface area contributed by atoms with E-state index in [2.05, 4.69) is 49.9 Å². The maximum absolute atomic E-state index is 12.9. The lowest BCUT2D eigenvalue weighted by molar-refractivity contribution is 0.0947. The highest BCUT2D eigenvalue weighted by molar-refractivity contribution is 5.94. The van der Waals surface area contributed by atoms with Crippen molar-refractivity contribution in [3.8, 4) is 17.3 Å². The fraction of sp³-hybridized carbons (Fsp3) is 0.429. The summed E-state index contributed by atoms with van der Waals surface area (Å²) in [5.41, 5.74) is 9.50. The van der Waals surface area contributed by atoms with E-state index in [9.17, 15) is 9.90 Å². The molecule has 0 aliphatic carbocycles. The van der Waals surface area contributed by atoms with Crippen LogP contribution in [0.2, 0.25) is 0 Å². The summed E-state index contributed by atoms with van der Waals surface area (Å²) in [4.78, 5) is 15.1. The minimum absolute atomic E-state index is 0.0228. The number of amides is 1. The number of nitrogen functional groups attached to an aromatic ring is 1. The number of benzene rings is 1. The Kier molecular flexibility index (Phi) is 8.51. The number of aromatic hydroxyl groups is 1. The number of carbonyl (C=O) groups is 1. The molecule has 3 rings (SSSR count). The number of hydrogen-bond donors (Lipinski definition) is 3. The van der Waals surface area contributed by atoms with Gasteiger partial charge in [-0.25, -0.2) is 10.1 Å². The van der Waals surface area contributed by atoms with Gasteiger partial charge in [0.1, 0.15) is 0 Å². The van der Waals surface area contributed by atoms with Gasteiger partial charge in [0.2, 0.25) is 11.6 Å². The predicted molar refractivity (Wildman–Crippen MR) is 124 cm³/mol. The zero-order chi connectivity index (χ0) is 24.5. The third-order valence-electron chi connectivity index (χ3n) is 4.79. The van der Waals surface area contributed by atoms with Crippen LogP contribution in [0.3, 0.4) is 0 Å². The van der Waals surface area contributed by atoms with Crippen molar-refractivity contribution in [2.75, 3.05) is 25.4 Å². The molecule has 0 radical (unpaired) electrons. The summed E-state index contributed by atoms with van der Waals surface area (Å²) in [5.74, 6) is -0.00991. The number of nitrogens with zero attached hydrogens (tertiary/aromatic N) is 7. The Hall–Kier alpha value is -4.00. The fourth-order valence-electron chi connectivity index (χ4n) is 3.34. The number of rotatable bonds is 12. The van der Waals surface area contributed by atoms with Crippen LogP contribution in [0.5, 0.6) is 11.5 Å². The lowest BCUT2D eigenvalue weighted by atomic mass is 10.2. The standard InChI is InChI=1S/C21H29N9O4/c1-4-9-29(10-5-2)13-15-18(24-28-30(15)20-19(22)26-34-27-20)21(32)25-23-12-14-7-8-16(31)17(11-14)33-6-3/h7-8,11-12,31H,4-6,9-10,13H2,1-3H3,(H2,22,26)(H,25,32)/b23-12+. The molecule has 1 amide bonds. The summed E-state index contributed by atoms with van der Waals surface area (Å²) >= 11 is 0. The number of carbonyl (C=O) groups excluding carboxylic acids is 1. The molecule has 2 aromatic heterocycles. The van der Waals surface area contributed by atoms with Crippen LogP contribution in [-0.2, 0) is 6.54 Å². The molecule has 1 aromatic carbocycles. The van der Waals surface area contributed by atoms with Gasteiger partial charge in [-0.2, -0.15) is 9.78 Å². The summed E-state index contributed by atoms with van der Waals surface area (Å²) in [7, 11) is 0. The SMILES string of the molecule is CCCN(CCC)Cc1c(C(=O)N/N=C/c2ccc(O)c(OCC)c2)nnn1-c1nonc1N. The van der Waals surface area contributed by atoms with E-state index >= 15 is 0 Å². The first-order valence-corrected chi connectivity index (χ1v) is 11.0. The number of phenols is 1. The maximum atomic E-state index is 12.9. The lowest BCUT2D eigenvalue weighted by Crippen LogP contribution is -2.28. The van der Waals surface area contributed by atoms with Crippen molar-refractivity contribution >= 4 is 17.9 Å². The molecule has 0 unspecified atom stereocenters. The first kappa shape index (κ1) is 24.6. The third kappa shape index (κ3) is 5.86. The summed E-state index contributed by atoms with van der Waals surface area (Å²) in [6.45, 7) is 8.43. The van der Waals surface area contributed by atoms with Crippen molar-refractivity contribution in [3.63, 3.8) is 0 Å². The average Bonchev–Trinajstić information content (AvgIpc) is 3.42. The number of phenolic OH excluding ortho intramolecular Hbond substituents is 1. The van der Waals surface area contributed by atoms with Crippen LogP contribution in [0, 0.1) is 0 Å². The Morgan fingerprint density at radius 3 is 2.71 bits per heavy atom. The number of hydrogen-bond acceptors (Lipinski definition) is 11. The van der Waals surface area contributed by atoms with Crippen molar-refractivity contribution in [1.82, 2.24) is 35.6 Å². The Labute approximate surface area is 196 Å². The van der Waals surface area contributed by atoms with E-state index in [1.165, 1.54) is 17.0 Å². The van der Waals surface area contributed by atoms with E-state index in [0.29, 0.717) is 30.2 Å². The van der Waals surface area contributed by atoms with E-state index < -0.39 is 5.91 Å². The summed E-state index contributed by atoms with van der Waals surface area (Å²) in [6, 6.07) is 4.75. The number of nitrogens with two attached hydrogens (primary N) is 1. The molecule has 34 heavy (non-hydrogen) atoms. The van der Waals surface area contributed by atoms with Gasteiger partial charge in [0, 0.05) is 6.54 Å². The normalized spacial score (nSPS) is 11.4. The van der Waals surface area contributed by atoms with E-state index in [4.69, 9.17) is 15.1 Å². The first-order chi connectivity index (χ1) is 16.5. The van der Waals surface area contributed by atoms with Crippen molar-refractivity contribution in [2.45, 2.75) is 40.2 Å². The number of aromatic nitrogens is 5. The van der Waals surface area contributed by atoms with Gasteiger partial charge in [-0.05, 0) is 66.9 Å². The molecule has 0 atom stereocenters. The smallest absolute Gasteiger partial charge is 0.293 e. The third-order valence-corrected chi connectivity index (χ3v) is 4.79. The Balaban J connectivity index is 1.84. The zero-order valence-electron chi connectivity index (χ0n) is 19.4. The highest BCUT2D eigenvalue weighted by Crippen LogP contribution is 2.26. The highest BCUT2D eigenvalue weighted by Gasteiger charge is 2.25. The van der Waals surface area contributed by atoms with Crippen LogP contribution in [0.25, 0.3) is 5.82 Å². The molecular formula is C21H29N9O4. The Morgan fingerprint density at radius 1 is 1.29 bits per heavy atom. The number of nitrogens with one attached hydrogen (secondary N) is 1. The molecule has 0 aliphatic heterocycles. The largest absolute Gasteiger partial charge is 0.504 e. The summed E-state index contributed by atoms with van der Waals surface area (Å²) in [6.07, 6.45) is 3.32. The van der Waals surface area contributed by atoms with Gasteiger partial charge in [0.15, 0.2) is 17.2 Å². The van der Waals surface area contributed by atoms with Gasteiger partial charge >= 0.3 is 0 Å². The van der Waals surface area contributed by atoms with Crippen molar-refractivity contribution < 1.29 is 19.3 Å². The van der Waals surface area contributed by atoms with Crippen molar-refractivity contribution in [1.29, 1.82) is 0 Å². The summed E-state index contributed by atoms with van der Waals surface area (Å²) in [5, 5.41) is 29.3. The average molecular weight is 472 g/mol. The highest BCUT2D eigenvalue weighted by atomic mass is 16.6. The quantitative estimate of drug-likeness (QED) is 0.261. The second kappa shape index (κ2) is 11.7. The van der Waals surface area contributed by atoms with Crippen LogP contribution in [0.1, 0.15) is 55.4 Å².